The molecule has 0 radical (unpaired) electrons. The van der Waals surface area contributed by atoms with Crippen molar-refractivity contribution in [2.45, 2.75) is 32.4 Å². The number of carboxylic acid groups (broad SMARTS) is 1. The number of rotatable bonds is 5. The second kappa shape index (κ2) is 9.22. The highest BCUT2D eigenvalue weighted by Gasteiger charge is 2.24. The Balaban J connectivity index is 1.56. The van der Waals surface area contributed by atoms with Crippen LogP contribution in [-0.4, -0.2) is 46.3 Å². The number of carbonyl (C=O) groups is 2. The molecule has 3 amide bonds. The highest BCUT2D eigenvalue weighted by Crippen LogP contribution is 2.21. The van der Waals surface area contributed by atoms with E-state index in [1.807, 2.05) is 6.92 Å². The Morgan fingerprint density at radius 3 is 2.90 bits per heavy atom. The van der Waals surface area contributed by atoms with E-state index in [0.29, 0.717) is 36.4 Å². The minimum atomic E-state index is -0.989. The number of urea groups is 1. The predicted octanol–water partition coefficient (Wildman–Crippen LogP) is 3.37. The van der Waals surface area contributed by atoms with Crippen molar-refractivity contribution in [1.29, 1.82) is 0 Å². The molecule has 3 rings (SSSR count). The van der Waals surface area contributed by atoms with Crippen LogP contribution in [0.25, 0.3) is 0 Å². The molecule has 2 heterocycles. The lowest BCUT2D eigenvalue weighted by atomic mass is 10.1. The van der Waals surface area contributed by atoms with E-state index in [9.17, 15) is 14.0 Å². The fourth-order valence-corrected chi connectivity index (χ4v) is 3.09. The molecule has 9 heteroatoms. The number of ether oxygens (including phenoxy) is 1. The summed E-state index contributed by atoms with van der Waals surface area (Å²) < 4.78 is 19.8. The lowest BCUT2D eigenvalue weighted by molar-refractivity contribution is 0.0789. The van der Waals surface area contributed by atoms with Gasteiger partial charge in [-0.2, -0.15) is 0 Å². The Kier molecular flexibility index (Phi) is 6.48. The van der Waals surface area contributed by atoms with Crippen LogP contribution < -0.4 is 15.4 Å². The molecule has 1 aromatic carbocycles. The molecule has 1 saturated heterocycles. The molecule has 0 aliphatic carbocycles. The Labute approximate surface area is 167 Å². The van der Waals surface area contributed by atoms with Gasteiger partial charge >= 0.3 is 12.1 Å². The predicted molar refractivity (Wildman–Crippen MR) is 104 cm³/mol. The number of carbonyl (C=O) groups excluding carboxylic acids is 1. The number of aromatic nitrogens is 1. The molecule has 29 heavy (non-hydrogen) atoms. The van der Waals surface area contributed by atoms with Gasteiger partial charge in [0.25, 0.3) is 0 Å². The average molecular weight is 402 g/mol. The van der Waals surface area contributed by atoms with Crippen LogP contribution in [0.4, 0.5) is 19.7 Å². The first-order valence-corrected chi connectivity index (χ1v) is 9.30. The second-order valence-electron chi connectivity index (χ2n) is 6.90. The zero-order chi connectivity index (χ0) is 20.8. The standard InChI is InChI=1S/C20H23FN4O4/c1-13-4-5-16(11-22-13)24-19(26)23-10-14-7-15(21)9-18(8-14)29-17-3-2-6-25(12-17)20(27)28/h4-5,7-9,11,17H,2-3,6,10,12H2,1H3,(H,27,28)(H2,23,24,26)/t17-/m1/s1. The van der Waals surface area contributed by atoms with Gasteiger partial charge in [-0.1, -0.05) is 0 Å². The van der Waals surface area contributed by atoms with Crippen molar-refractivity contribution in [3.8, 4) is 5.75 Å². The quantitative estimate of drug-likeness (QED) is 0.711. The number of benzene rings is 1. The van der Waals surface area contributed by atoms with Crippen LogP contribution in [0.5, 0.6) is 5.75 Å². The van der Waals surface area contributed by atoms with Crippen molar-refractivity contribution in [3.05, 3.63) is 53.6 Å². The zero-order valence-electron chi connectivity index (χ0n) is 16.0. The van der Waals surface area contributed by atoms with Crippen molar-refractivity contribution < 1.29 is 23.8 Å². The van der Waals surface area contributed by atoms with Gasteiger partial charge < -0.3 is 25.4 Å². The molecule has 1 aliphatic rings. The molecule has 3 N–H and O–H groups in total. The van der Waals surface area contributed by atoms with Crippen molar-refractivity contribution >= 4 is 17.8 Å². The summed E-state index contributed by atoms with van der Waals surface area (Å²) in [6, 6.07) is 7.28. The third-order valence-electron chi connectivity index (χ3n) is 4.50. The van der Waals surface area contributed by atoms with E-state index in [1.54, 1.807) is 24.4 Å². The van der Waals surface area contributed by atoms with Gasteiger partial charge in [-0.15, -0.1) is 0 Å². The van der Waals surface area contributed by atoms with Gasteiger partial charge in [-0.05, 0) is 49.6 Å². The minimum absolute atomic E-state index is 0.102. The molecule has 1 aromatic heterocycles. The van der Waals surface area contributed by atoms with Crippen molar-refractivity contribution in [1.82, 2.24) is 15.2 Å². The normalized spacial score (nSPS) is 16.2. The number of aryl methyl sites for hydroxylation is 1. The van der Waals surface area contributed by atoms with Crippen LogP contribution in [0, 0.1) is 12.7 Å². The number of nitrogens with one attached hydrogen (secondary N) is 2. The number of likely N-dealkylation sites (tertiary alicyclic amines) is 1. The maximum Gasteiger partial charge on any atom is 0.407 e. The first kappa shape index (κ1) is 20.4. The first-order valence-electron chi connectivity index (χ1n) is 9.30. The molecule has 2 aromatic rings. The molecule has 0 saturated carbocycles. The van der Waals surface area contributed by atoms with Crippen LogP contribution in [0.15, 0.2) is 36.5 Å². The molecule has 0 bridgehead atoms. The van der Waals surface area contributed by atoms with Crippen molar-refractivity contribution in [3.63, 3.8) is 0 Å². The van der Waals surface area contributed by atoms with Gasteiger partial charge in [0.05, 0.1) is 18.4 Å². The lowest BCUT2D eigenvalue weighted by Crippen LogP contribution is -2.43. The summed E-state index contributed by atoms with van der Waals surface area (Å²) in [6.45, 7) is 2.66. The van der Waals surface area contributed by atoms with E-state index in [2.05, 4.69) is 15.6 Å². The Bertz CT molecular complexity index is 875. The van der Waals surface area contributed by atoms with Crippen LogP contribution >= 0.6 is 0 Å². The highest BCUT2D eigenvalue weighted by atomic mass is 19.1. The van der Waals surface area contributed by atoms with Gasteiger partial charge in [0.1, 0.15) is 17.7 Å². The van der Waals surface area contributed by atoms with Crippen molar-refractivity contribution in [2.24, 2.45) is 0 Å². The Morgan fingerprint density at radius 1 is 1.34 bits per heavy atom. The minimum Gasteiger partial charge on any atom is -0.488 e. The molecule has 8 nitrogen and oxygen atoms in total. The number of piperidine rings is 1. The fourth-order valence-electron chi connectivity index (χ4n) is 3.09. The van der Waals surface area contributed by atoms with Gasteiger partial charge in [-0.3, -0.25) is 4.98 Å². The number of anilines is 1. The van der Waals surface area contributed by atoms with E-state index in [0.717, 1.165) is 5.69 Å². The summed E-state index contributed by atoms with van der Waals surface area (Å²) in [5.74, 6) is -0.185. The Morgan fingerprint density at radius 2 is 2.17 bits per heavy atom. The number of halogens is 1. The van der Waals surface area contributed by atoms with Crippen LogP contribution in [-0.2, 0) is 6.54 Å². The largest absolute Gasteiger partial charge is 0.488 e. The summed E-state index contributed by atoms with van der Waals surface area (Å²) in [5.41, 5.74) is 1.92. The third kappa shape index (κ3) is 6.06. The lowest BCUT2D eigenvalue weighted by Gasteiger charge is -2.31. The number of nitrogens with zero attached hydrogens (tertiary/aromatic N) is 2. The smallest absolute Gasteiger partial charge is 0.407 e. The molecule has 1 atom stereocenters. The van der Waals surface area contributed by atoms with Crippen LogP contribution in [0.3, 0.4) is 0 Å². The van der Waals surface area contributed by atoms with Crippen LogP contribution in [0.1, 0.15) is 24.1 Å². The van der Waals surface area contributed by atoms with Gasteiger partial charge in [0, 0.05) is 24.8 Å². The first-order chi connectivity index (χ1) is 13.9. The number of amides is 3. The summed E-state index contributed by atoms with van der Waals surface area (Å²) in [5, 5.41) is 14.4. The van der Waals surface area contributed by atoms with Gasteiger partial charge in [0.2, 0.25) is 0 Å². The number of hydrogen-bond donors (Lipinski definition) is 3. The summed E-state index contributed by atoms with van der Waals surface area (Å²) >= 11 is 0. The van der Waals surface area contributed by atoms with Crippen molar-refractivity contribution in [2.75, 3.05) is 18.4 Å². The highest BCUT2D eigenvalue weighted by molar-refractivity contribution is 5.88. The van der Waals surface area contributed by atoms with Gasteiger partial charge in [-0.25, -0.2) is 14.0 Å². The molecule has 1 fully saturated rings. The van der Waals surface area contributed by atoms with E-state index in [-0.39, 0.29) is 19.2 Å². The van der Waals surface area contributed by atoms with E-state index in [1.165, 1.54) is 17.0 Å². The molecule has 0 spiro atoms. The number of hydrogen-bond acceptors (Lipinski definition) is 4. The molecule has 154 valence electrons. The third-order valence-corrected chi connectivity index (χ3v) is 4.50. The maximum atomic E-state index is 14.0. The second-order valence-corrected chi connectivity index (χ2v) is 6.90. The summed E-state index contributed by atoms with van der Waals surface area (Å²) in [7, 11) is 0. The summed E-state index contributed by atoms with van der Waals surface area (Å²) in [6.07, 6.45) is 1.61. The topological polar surface area (TPSA) is 104 Å². The maximum absolute atomic E-state index is 14.0. The van der Waals surface area contributed by atoms with E-state index < -0.39 is 17.9 Å². The summed E-state index contributed by atoms with van der Waals surface area (Å²) in [4.78, 5) is 28.5. The number of pyridine rings is 1. The monoisotopic (exact) mass is 402 g/mol. The molecule has 0 unspecified atom stereocenters. The fraction of sp³-hybridized carbons (Fsp3) is 0.350. The van der Waals surface area contributed by atoms with Gasteiger partial charge in [0.15, 0.2) is 0 Å². The molecule has 1 aliphatic heterocycles. The van der Waals surface area contributed by atoms with E-state index in [4.69, 9.17) is 9.84 Å². The SMILES string of the molecule is Cc1ccc(NC(=O)NCc2cc(F)cc(O[C@@H]3CCCN(C(=O)O)C3)c2)cn1. The van der Waals surface area contributed by atoms with Crippen LogP contribution in [0.2, 0.25) is 0 Å². The zero-order valence-corrected chi connectivity index (χ0v) is 16.0. The average Bonchev–Trinajstić information content (AvgIpc) is 2.68. The van der Waals surface area contributed by atoms with E-state index >= 15 is 0 Å². The molecular formula is C20H23FN4O4. The molecular weight excluding hydrogens is 379 g/mol. The Hall–Kier alpha value is -3.36.